The van der Waals surface area contributed by atoms with Gasteiger partial charge in [-0.1, -0.05) is 0 Å². The maximum atomic E-state index is 12.2. The molecular formula is C17H15BrN2O5. The van der Waals surface area contributed by atoms with E-state index in [9.17, 15) is 9.90 Å². The highest BCUT2D eigenvalue weighted by Gasteiger charge is 2.14. The van der Waals surface area contributed by atoms with Crippen molar-refractivity contribution in [3.8, 4) is 23.0 Å². The molecule has 0 unspecified atom stereocenters. The molecule has 0 spiro atoms. The van der Waals surface area contributed by atoms with Crippen LogP contribution in [0.1, 0.15) is 15.9 Å². The van der Waals surface area contributed by atoms with Crippen molar-refractivity contribution in [2.45, 2.75) is 0 Å². The summed E-state index contributed by atoms with van der Waals surface area (Å²) in [7, 11) is 1.45. The Morgan fingerprint density at radius 1 is 1.28 bits per heavy atom. The van der Waals surface area contributed by atoms with Gasteiger partial charge in [-0.25, -0.2) is 5.43 Å². The number of nitrogens with zero attached hydrogens (tertiary/aromatic N) is 1. The number of phenolic OH excluding ortho intramolecular Hbond substituents is 1. The minimum Gasteiger partial charge on any atom is -0.503 e. The zero-order valence-electron chi connectivity index (χ0n) is 13.3. The number of carbonyl (C=O) groups is 1. The van der Waals surface area contributed by atoms with Crippen molar-refractivity contribution in [1.29, 1.82) is 0 Å². The van der Waals surface area contributed by atoms with Crippen LogP contribution in [0.25, 0.3) is 0 Å². The van der Waals surface area contributed by atoms with Crippen molar-refractivity contribution in [1.82, 2.24) is 5.43 Å². The second-order valence-corrected chi connectivity index (χ2v) is 5.97. The van der Waals surface area contributed by atoms with E-state index in [1.165, 1.54) is 13.3 Å². The third kappa shape index (κ3) is 3.85. The van der Waals surface area contributed by atoms with E-state index in [0.717, 1.165) is 0 Å². The Labute approximate surface area is 152 Å². The molecule has 0 aromatic heterocycles. The third-order valence-corrected chi connectivity index (χ3v) is 4.06. The number of halogens is 1. The topological polar surface area (TPSA) is 89.4 Å². The summed E-state index contributed by atoms with van der Waals surface area (Å²) in [6.07, 6.45) is 1.45. The van der Waals surface area contributed by atoms with Crippen LogP contribution in [0.5, 0.6) is 23.0 Å². The number of carbonyl (C=O) groups excluding carboxylic acids is 1. The normalized spacial score (nSPS) is 12.9. The fourth-order valence-corrected chi connectivity index (χ4v) is 2.70. The van der Waals surface area contributed by atoms with Crippen molar-refractivity contribution in [3.05, 3.63) is 45.9 Å². The molecule has 1 amide bonds. The van der Waals surface area contributed by atoms with Gasteiger partial charge in [0.05, 0.1) is 17.8 Å². The molecule has 1 heterocycles. The van der Waals surface area contributed by atoms with E-state index < -0.39 is 0 Å². The Morgan fingerprint density at radius 3 is 2.80 bits per heavy atom. The number of methoxy groups -OCH3 is 1. The molecule has 2 aromatic rings. The molecule has 0 saturated carbocycles. The molecule has 25 heavy (non-hydrogen) atoms. The first-order valence-electron chi connectivity index (χ1n) is 7.38. The Bertz CT molecular complexity index is 838. The molecule has 0 atom stereocenters. The first-order chi connectivity index (χ1) is 12.1. The molecule has 0 radical (unpaired) electrons. The lowest BCUT2D eigenvalue weighted by atomic mass is 10.2. The number of phenols is 1. The number of amides is 1. The van der Waals surface area contributed by atoms with Gasteiger partial charge >= 0.3 is 0 Å². The highest BCUT2D eigenvalue weighted by Crippen LogP contribution is 2.34. The average Bonchev–Trinajstić information content (AvgIpc) is 2.63. The summed E-state index contributed by atoms with van der Waals surface area (Å²) in [5, 5.41) is 13.7. The molecule has 1 aliphatic heterocycles. The predicted molar refractivity (Wildman–Crippen MR) is 94.9 cm³/mol. The van der Waals surface area contributed by atoms with E-state index in [2.05, 4.69) is 26.5 Å². The van der Waals surface area contributed by atoms with Gasteiger partial charge in [0.25, 0.3) is 5.91 Å². The summed E-state index contributed by atoms with van der Waals surface area (Å²) in [6, 6.07) is 8.19. The Balaban J connectivity index is 1.70. The summed E-state index contributed by atoms with van der Waals surface area (Å²) in [5.74, 6) is 1.08. The maximum absolute atomic E-state index is 12.2. The predicted octanol–water partition coefficient (Wildman–Crippen LogP) is 2.70. The zero-order chi connectivity index (χ0) is 17.8. The molecule has 2 aromatic carbocycles. The van der Waals surface area contributed by atoms with Crippen molar-refractivity contribution in [3.63, 3.8) is 0 Å². The molecule has 0 fully saturated rings. The number of hydrogen-bond acceptors (Lipinski definition) is 6. The number of fused-ring (bicyclic) bond motifs is 1. The zero-order valence-corrected chi connectivity index (χ0v) is 14.9. The third-order valence-electron chi connectivity index (χ3n) is 3.45. The Kier molecular flexibility index (Phi) is 5.08. The molecule has 0 bridgehead atoms. The van der Waals surface area contributed by atoms with Crippen molar-refractivity contribution < 1.29 is 24.1 Å². The number of hydrogen-bond donors (Lipinski definition) is 2. The number of nitrogens with one attached hydrogen (secondary N) is 1. The fraction of sp³-hybridized carbons (Fsp3) is 0.176. The number of ether oxygens (including phenoxy) is 3. The van der Waals surface area contributed by atoms with Gasteiger partial charge in [-0.15, -0.1) is 0 Å². The molecule has 3 rings (SSSR count). The standard InChI is InChI=1S/C17H15BrN2O5/c1-23-15-7-10(6-12(18)16(15)21)9-19-20-17(22)11-2-3-13-14(8-11)25-5-4-24-13/h2-3,6-9,21H,4-5H2,1H3,(H,20,22)/b19-9+. The first-order valence-corrected chi connectivity index (χ1v) is 8.17. The Morgan fingerprint density at radius 2 is 2.04 bits per heavy atom. The highest BCUT2D eigenvalue weighted by molar-refractivity contribution is 9.10. The summed E-state index contributed by atoms with van der Waals surface area (Å²) < 4.78 is 16.4. The second-order valence-electron chi connectivity index (χ2n) is 5.11. The van der Waals surface area contributed by atoms with Crippen molar-refractivity contribution in [2.24, 2.45) is 5.10 Å². The molecule has 1 aliphatic rings. The molecule has 0 saturated heterocycles. The van der Waals surface area contributed by atoms with Gasteiger partial charge in [-0.05, 0) is 51.8 Å². The Hall–Kier alpha value is -2.74. The number of hydrazone groups is 1. The quantitative estimate of drug-likeness (QED) is 0.601. The molecule has 2 N–H and O–H groups in total. The largest absolute Gasteiger partial charge is 0.503 e. The second kappa shape index (κ2) is 7.43. The monoisotopic (exact) mass is 406 g/mol. The van der Waals surface area contributed by atoms with E-state index >= 15 is 0 Å². The van der Waals surface area contributed by atoms with Gasteiger partial charge in [0.15, 0.2) is 23.0 Å². The van der Waals surface area contributed by atoms with Crippen LogP contribution in [0.4, 0.5) is 0 Å². The lowest BCUT2D eigenvalue weighted by Gasteiger charge is -2.18. The van der Waals surface area contributed by atoms with Crippen molar-refractivity contribution >= 4 is 28.1 Å². The van der Waals surface area contributed by atoms with E-state index in [-0.39, 0.29) is 11.7 Å². The average molecular weight is 407 g/mol. The number of rotatable bonds is 4. The fourth-order valence-electron chi connectivity index (χ4n) is 2.24. The van der Waals surface area contributed by atoms with Gasteiger partial charge in [-0.3, -0.25) is 4.79 Å². The molecule has 0 aliphatic carbocycles. The van der Waals surface area contributed by atoms with Crippen LogP contribution in [0.15, 0.2) is 39.9 Å². The lowest BCUT2D eigenvalue weighted by molar-refractivity contribution is 0.0954. The summed E-state index contributed by atoms with van der Waals surface area (Å²) in [4.78, 5) is 12.2. The minimum absolute atomic E-state index is 0.0000335. The summed E-state index contributed by atoms with van der Waals surface area (Å²) in [6.45, 7) is 0.947. The number of aromatic hydroxyl groups is 1. The van der Waals surface area contributed by atoms with Crippen LogP contribution in [-0.4, -0.2) is 37.6 Å². The van der Waals surface area contributed by atoms with Crippen LogP contribution >= 0.6 is 15.9 Å². The van der Waals surface area contributed by atoms with E-state index in [1.807, 2.05) is 0 Å². The van der Waals surface area contributed by atoms with E-state index in [1.54, 1.807) is 30.3 Å². The van der Waals surface area contributed by atoms with Gasteiger partial charge in [0.1, 0.15) is 13.2 Å². The van der Waals surface area contributed by atoms with Crippen LogP contribution in [0.3, 0.4) is 0 Å². The maximum Gasteiger partial charge on any atom is 0.271 e. The van der Waals surface area contributed by atoms with E-state index in [0.29, 0.717) is 46.1 Å². The van der Waals surface area contributed by atoms with Crippen LogP contribution in [0.2, 0.25) is 0 Å². The van der Waals surface area contributed by atoms with Crippen LogP contribution < -0.4 is 19.6 Å². The lowest BCUT2D eigenvalue weighted by Crippen LogP contribution is -2.19. The van der Waals surface area contributed by atoms with Crippen LogP contribution in [-0.2, 0) is 0 Å². The van der Waals surface area contributed by atoms with Gasteiger partial charge < -0.3 is 19.3 Å². The SMILES string of the molecule is COc1cc(/C=N/NC(=O)c2ccc3c(c2)OCCO3)cc(Br)c1O. The molecule has 8 heteroatoms. The van der Waals surface area contributed by atoms with E-state index in [4.69, 9.17) is 14.2 Å². The van der Waals surface area contributed by atoms with Crippen molar-refractivity contribution in [2.75, 3.05) is 20.3 Å². The first kappa shape index (κ1) is 17.1. The minimum atomic E-state index is -0.377. The molecular weight excluding hydrogens is 392 g/mol. The number of benzene rings is 2. The smallest absolute Gasteiger partial charge is 0.271 e. The molecule has 7 nitrogen and oxygen atoms in total. The highest BCUT2D eigenvalue weighted by atomic mass is 79.9. The van der Waals surface area contributed by atoms with Gasteiger partial charge in [0, 0.05) is 5.56 Å². The van der Waals surface area contributed by atoms with Crippen LogP contribution in [0, 0.1) is 0 Å². The summed E-state index contributed by atoms with van der Waals surface area (Å²) >= 11 is 3.23. The summed E-state index contributed by atoms with van der Waals surface area (Å²) in [5.41, 5.74) is 3.49. The van der Waals surface area contributed by atoms with Gasteiger partial charge in [0.2, 0.25) is 0 Å². The van der Waals surface area contributed by atoms with Gasteiger partial charge in [-0.2, -0.15) is 5.10 Å². The molecule has 130 valence electrons.